The quantitative estimate of drug-likeness (QED) is 0.784. The largest absolute Gasteiger partial charge is 0.497 e. The van der Waals surface area contributed by atoms with Gasteiger partial charge in [-0.15, -0.1) is 0 Å². The van der Waals surface area contributed by atoms with Crippen LogP contribution in [-0.4, -0.2) is 25.0 Å². The number of benzene rings is 1. The highest BCUT2D eigenvalue weighted by atomic mass is 16.5. The molecule has 0 saturated heterocycles. The second kappa shape index (κ2) is 6.19. The second-order valence-electron chi connectivity index (χ2n) is 4.41. The number of pyridine rings is 1. The Labute approximate surface area is 118 Å². The number of ether oxygens (including phenoxy) is 2. The van der Waals surface area contributed by atoms with Gasteiger partial charge < -0.3 is 9.47 Å². The number of nitrogens with zero attached hydrogens (tertiary/aromatic N) is 1. The van der Waals surface area contributed by atoms with Gasteiger partial charge in [0.1, 0.15) is 11.5 Å². The highest BCUT2D eigenvalue weighted by molar-refractivity contribution is 6.02. The van der Waals surface area contributed by atoms with Crippen LogP contribution in [0.15, 0.2) is 42.6 Å². The van der Waals surface area contributed by atoms with E-state index in [1.165, 1.54) is 7.11 Å². The Morgan fingerprint density at radius 3 is 2.55 bits per heavy atom. The highest BCUT2D eigenvalue weighted by Gasteiger charge is 2.21. The van der Waals surface area contributed by atoms with E-state index in [1.54, 1.807) is 31.5 Å². The fourth-order valence-corrected chi connectivity index (χ4v) is 2.00. The molecule has 1 heterocycles. The minimum Gasteiger partial charge on any atom is -0.497 e. The molecule has 0 aliphatic rings. The van der Waals surface area contributed by atoms with Crippen molar-refractivity contribution in [3.05, 3.63) is 53.9 Å². The van der Waals surface area contributed by atoms with Crippen LogP contribution in [0.25, 0.3) is 0 Å². The minimum atomic E-state index is -0.321. The van der Waals surface area contributed by atoms with Gasteiger partial charge in [0.05, 0.1) is 31.4 Å². The molecular weight excluding hydrogens is 254 g/mol. The van der Waals surface area contributed by atoms with Crippen LogP contribution < -0.4 is 9.47 Å². The summed E-state index contributed by atoms with van der Waals surface area (Å²) in [4.78, 5) is 16.8. The fourth-order valence-electron chi connectivity index (χ4n) is 2.00. The molecule has 104 valence electrons. The number of ketones is 1. The SMILES string of the molecule is COc1ccc(C(=O)C(C)c2ccccn2)c(OC)c1. The molecule has 0 N–H and O–H groups in total. The lowest BCUT2D eigenvalue weighted by Gasteiger charge is -2.13. The molecule has 0 bridgehead atoms. The summed E-state index contributed by atoms with van der Waals surface area (Å²) in [6, 6.07) is 10.7. The van der Waals surface area contributed by atoms with E-state index in [2.05, 4.69) is 4.98 Å². The average molecular weight is 271 g/mol. The number of Topliss-reactive ketones (excluding diaryl/α,β-unsaturated/α-hetero) is 1. The maximum absolute atomic E-state index is 12.6. The Balaban J connectivity index is 2.33. The first-order valence-corrected chi connectivity index (χ1v) is 6.34. The van der Waals surface area contributed by atoms with Crippen molar-refractivity contribution in [2.24, 2.45) is 0 Å². The summed E-state index contributed by atoms with van der Waals surface area (Å²) in [5.74, 6) is 0.822. The van der Waals surface area contributed by atoms with Gasteiger partial charge in [-0.3, -0.25) is 9.78 Å². The summed E-state index contributed by atoms with van der Waals surface area (Å²) < 4.78 is 10.4. The summed E-state index contributed by atoms with van der Waals surface area (Å²) >= 11 is 0. The molecule has 0 fully saturated rings. The predicted octanol–water partition coefficient (Wildman–Crippen LogP) is 3.09. The molecule has 1 aromatic heterocycles. The molecule has 1 aromatic carbocycles. The van der Waals surface area contributed by atoms with Gasteiger partial charge in [-0.25, -0.2) is 0 Å². The third-order valence-electron chi connectivity index (χ3n) is 3.20. The van der Waals surface area contributed by atoms with Crippen LogP contribution in [0.5, 0.6) is 11.5 Å². The maximum atomic E-state index is 12.6. The number of hydrogen-bond donors (Lipinski definition) is 0. The topological polar surface area (TPSA) is 48.4 Å². The second-order valence-corrected chi connectivity index (χ2v) is 4.41. The zero-order valence-corrected chi connectivity index (χ0v) is 11.8. The van der Waals surface area contributed by atoms with Gasteiger partial charge in [-0.2, -0.15) is 0 Å². The zero-order valence-electron chi connectivity index (χ0n) is 11.8. The number of aromatic nitrogens is 1. The maximum Gasteiger partial charge on any atom is 0.175 e. The van der Waals surface area contributed by atoms with Crippen molar-refractivity contribution in [2.75, 3.05) is 14.2 Å². The van der Waals surface area contributed by atoms with Crippen LogP contribution in [0, 0.1) is 0 Å². The lowest BCUT2D eigenvalue weighted by atomic mass is 9.95. The lowest BCUT2D eigenvalue weighted by Crippen LogP contribution is -2.12. The van der Waals surface area contributed by atoms with E-state index in [1.807, 2.05) is 25.1 Å². The van der Waals surface area contributed by atoms with Gasteiger partial charge in [0, 0.05) is 12.3 Å². The highest BCUT2D eigenvalue weighted by Crippen LogP contribution is 2.29. The van der Waals surface area contributed by atoms with E-state index in [0.29, 0.717) is 17.1 Å². The zero-order chi connectivity index (χ0) is 14.5. The van der Waals surface area contributed by atoms with Crippen molar-refractivity contribution in [2.45, 2.75) is 12.8 Å². The predicted molar refractivity (Wildman–Crippen MR) is 76.5 cm³/mol. The fraction of sp³-hybridized carbons (Fsp3) is 0.250. The Bertz CT molecular complexity index is 596. The summed E-state index contributed by atoms with van der Waals surface area (Å²) in [7, 11) is 3.11. The Hall–Kier alpha value is -2.36. The Kier molecular flexibility index (Phi) is 4.35. The minimum absolute atomic E-state index is 0.0248. The molecule has 2 rings (SSSR count). The van der Waals surface area contributed by atoms with Crippen LogP contribution in [0.3, 0.4) is 0 Å². The lowest BCUT2D eigenvalue weighted by molar-refractivity contribution is 0.0961. The Morgan fingerprint density at radius 2 is 1.95 bits per heavy atom. The van der Waals surface area contributed by atoms with Crippen molar-refractivity contribution in [3.8, 4) is 11.5 Å². The molecule has 2 aromatic rings. The van der Waals surface area contributed by atoms with Crippen LogP contribution in [0.4, 0.5) is 0 Å². The number of rotatable bonds is 5. The molecule has 4 heteroatoms. The molecule has 4 nitrogen and oxygen atoms in total. The normalized spacial score (nSPS) is 11.8. The van der Waals surface area contributed by atoms with Crippen LogP contribution in [-0.2, 0) is 0 Å². The number of hydrogen-bond acceptors (Lipinski definition) is 4. The van der Waals surface area contributed by atoms with E-state index < -0.39 is 0 Å². The molecular formula is C16H17NO3. The van der Waals surface area contributed by atoms with Crippen molar-refractivity contribution in [1.82, 2.24) is 4.98 Å². The number of carbonyl (C=O) groups is 1. The van der Waals surface area contributed by atoms with Gasteiger partial charge in [-0.1, -0.05) is 6.07 Å². The van der Waals surface area contributed by atoms with E-state index in [4.69, 9.17) is 9.47 Å². The van der Waals surface area contributed by atoms with Gasteiger partial charge in [0.15, 0.2) is 5.78 Å². The van der Waals surface area contributed by atoms with Crippen molar-refractivity contribution < 1.29 is 14.3 Å². The van der Waals surface area contributed by atoms with Crippen LogP contribution in [0.1, 0.15) is 28.9 Å². The van der Waals surface area contributed by atoms with Gasteiger partial charge in [0.2, 0.25) is 0 Å². The first-order chi connectivity index (χ1) is 9.67. The molecule has 20 heavy (non-hydrogen) atoms. The molecule has 1 atom stereocenters. The van der Waals surface area contributed by atoms with Crippen LogP contribution in [0.2, 0.25) is 0 Å². The first-order valence-electron chi connectivity index (χ1n) is 6.34. The molecule has 0 aliphatic carbocycles. The number of carbonyl (C=O) groups excluding carboxylic acids is 1. The summed E-state index contributed by atoms with van der Waals surface area (Å²) in [5.41, 5.74) is 1.28. The van der Waals surface area contributed by atoms with Gasteiger partial charge in [-0.05, 0) is 31.2 Å². The third-order valence-corrected chi connectivity index (χ3v) is 3.20. The molecule has 0 radical (unpaired) electrons. The molecule has 1 unspecified atom stereocenters. The molecule has 0 saturated carbocycles. The Morgan fingerprint density at radius 1 is 1.15 bits per heavy atom. The average Bonchev–Trinajstić information content (AvgIpc) is 2.53. The van der Waals surface area contributed by atoms with Gasteiger partial charge in [0.25, 0.3) is 0 Å². The smallest absolute Gasteiger partial charge is 0.175 e. The molecule has 0 aliphatic heterocycles. The van der Waals surface area contributed by atoms with E-state index >= 15 is 0 Å². The third kappa shape index (κ3) is 2.79. The summed E-state index contributed by atoms with van der Waals surface area (Å²) in [6.45, 7) is 1.84. The first kappa shape index (κ1) is 14.1. The van der Waals surface area contributed by atoms with E-state index in [9.17, 15) is 4.79 Å². The summed E-state index contributed by atoms with van der Waals surface area (Å²) in [6.07, 6.45) is 1.68. The van der Waals surface area contributed by atoms with E-state index in [0.717, 1.165) is 5.69 Å². The van der Waals surface area contributed by atoms with Crippen molar-refractivity contribution in [1.29, 1.82) is 0 Å². The number of methoxy groups -OCH3 is 2. The molecule has 0 amide bonds. The monoisotopic (exact) mass is 271 g/mol. The van der Waals surface area contributed by atoms with E-state index in [-0.39, 0.29) is 11.7 Å². The van der Waals surface area contributed by atoms with Crippen LogP contribution >= 0.6 is 0 Å². The van der Waals surface area contributed by atoms with Crippen molar-refractivity contribution in [3.63, 3.8) is 0 Å². The van der Waals surface area contributed by atoms with Gasteiger partial charge >= 0.3 is 0 Å². The standard InChI is InChI=1S/C16H17NO3/c1-11(14-6-4-5-9-17-14)16(18)13-8-7-12(19-2)10-15(13)20-3/h4-11H,1-3H3. The summed E-state index contributed by atoms with van der Waals surface area (Å²) in [5, 5.41) is 0. The molecule has 0 spiro atoms. The van der Waals surface area contributed by atoms with Crippen molar-refractivity contribution >= 4 is 5.78 Å².